The van der Waals surface area contributed by atoms with Crippen molar-refractivity contribution in [2.24, 2.45) is 0 Å². The Morgan fingerprint density at radius 1 is 1.31 bits per heavy atom. The molecule has 1 atom stereocenters. The molecule has 1 unspecified atom stereocenters. The summed E-state index contributed by atoms with van der Waals surface area (Å²) in [7, 11) is 0. The second-order valence-electron chi connectivity index (χ2n) is 6.62. The Labute approximate surface area is 156 Å². The average Bonchev–Trinajstić information content (AvgIpc) is 3.07. The third kappa shape index (κ3) is 4.53. The lowest BCUT2D eigenvalue weighted by atomic mass is 10.0. The normalized spacial score (nSPS) is 18.0. The minimum atomic E-state index is -0.111. The van der Waals surface area contributed by atoms with Crippen LogP contribution in [0.5, 0.6) is 0 Å². The zero-order valence-corrected chi connectivity index (χ0v) is 16.0. The first kappa shape index (κ1) is 18.7. The van der Waals surface area contributed by atoms with Gasteiger partial charge in [-0.1, -0.05) is 10.9 Å². The molecule has 140 valence electrons. The van der Waals surface area contributed by atoms with Crippen molar-refractivity contribution < 1.29 is 4.79 Å². The number of aryl methyl sites for hydroxylation is 2. The van der Waals surface area contributed by atoms with Crippen LogP contribution in [0, 0.1) is 13.8 Å². The summed E-state index contributed by atoms with van der Waals surface area (Å²) in [6.07, 6.45) is 3.33. The molecule has 26 heavy (non-hydrogen) atoms. The molecule has 0 aromatic carbocycles. The number of nitrogens with one attached hydrogen (secondary N) is 1. The van der Waals surface area contributed by atoms with Gasteiger partial charge < -0.3 is 5.32 Å². The molecule has 1 N–H and O–H groups in total. The van der Waals surface area contributed by atoms with Gasteiger partial charge in [0.05, 0.1) is 17.9 Å². The van der Waals surface area contributed by atoms with E-state index in [1.807, 2.05) is 6.92 Å². The van der Waals surface area contributed by atoms with Crippen LogP contribution in [0.1, 0.15) is 40.3 Å². The number of carbonyl (C=O) groups is 1. The summed E-state index contributed by atoms with van der Waals surface area (Å²) in [5.41, 5.74) is 1.42. The molecule has 9 heteroatoms. The third-order valence-corrected chi connectivity index (χ3v) is 5.53. The molecule has 0 saturated carbocycles. The number of piperidine rings is 1. The van der Waals surface area contributed by atoms with Gasteiger partial charge in [-0.2, -0.15) is 5.10 Å². The molecular weight excluding hydrogens is 352 g/mol. The van der Waals surface area contributed by atoms with E-state index in [0.29, 0.717) is 23.7 Å². The van der Waals surface area contributed by atoms with Crippen LogP contribution in [0.2, 0.25) is 0 Å². The fraction of sp³-hybridized carbons (Fsp3) is 0.588. The Kier molecular flexibility index (Phi) is 6.10. The van der Waals surface area contributed by atoms with Gasteiger partial charge in [0.15, 0.2) is 0 Å². The van der Waals surface area contributed by atoms with Crippen LogP contribution in [-0.2, 0) is 6.54 Å². The van der Waals surface area contributed by atoms with Crippen molar-refractivity contribution in [3.8, 4) is 0 Å². The molecule has 1 aliphatic rings. The number of hydrogen-bond donors (Lipinski definition) is 1. The topological polar surface area (TPSA) is 93.0 Å². The second-order valence-corrected chi connectivity index (χ2v) is 7.37. The number of rotatable bonds is 6. The Balaban J connectivity index is 1.57. The largest absolute Gasteiger partial charge is 0.350 e. The number of aromatic nitrogens is 4. The van der Waals surface area contributed by atoms with Gasteiger partial charge in [-0.3, -0.25) is 14.5 Å². The molecule has 2 aromatic heterocycles. The molecule has 0 bridgehead atoms. The summed E-state index contributed by atoms with van der Waals surface area (Å²) in [5.74, 6) is -0.111. The molecule has 0 radical (unpaired) electrons. The minimum absolute atomic E-state index is 0.0781. The first-order valence-corrected chi connectivity index (χ1v) is 9.68. The van der Waals surface area contributed by atoms with Crippen molar-refractivity contribution in [2.45, 2.75) is 45.7 Å². The van der Waals surface area contributed by atoms with Crippen molar-refractivity contribution >= 4 is 17.4 Å². The van der Waals surface area contributed by atoms with Crippen molar-refractivity contribution in [3.05, 3.63) is 38.8 Å². The van der Waals surface area contributed by atoms with Gasteiger partial charge in [0.25, 0.3) is 11.5 Å². The summed E-state index contributed by atoms with van der Waals surface area (Å²) in [6, 6.07) is 3.56. The highest BCUT2D eigenvalue weighted by atomic mass is 32.1. The summed E-state index contributed by atoms with van der Waals surface area (Å²) in [4.78, 5) is 27.1. The summed E-state index contributed by atoms with van der Waals surface area (Å²) < 4.78 is 5.33. The molecule has 1 amide bonds. The van der Waals surface area contributed by atoms with Gasteiger partial charge in [-0.15, -0.1) is 5.10 Å². The Morgan fingerprint density at radius 2 is 2.15 bits per heavy atom. The molecular formula is C17H24N6O2S. The highest BCUT2D eigenvalue weighted by Gasteiger charge is 2.23. The smallest absolute Gasteiger partial charge is 0.266 e. The van der Waals surface area contributed by atoms with Crippen LogP contribution >= 0.6 is 11.5 Å². The van der Waals surface area contributed by atoms with Gasteiger partial charge in [0.1, 0.15) is 4.88 Å². The zero-order valence-electron chi connectivity index (χ0n) is 15.1. The maximum Gasteiger partial charge on any atom is 0.266 e. The lowest BCUT2D eigenvalue weighted by molar-refractivity contribution is 0.0912. The van der Waals surface area contributed by atoms with Crippen LogP contribution in [-0.4, -0.2) is 55.9 Å². The SMILES string of the molecule is Cc1ccc(=O)n(CCN2CCCCC2CNC(=O)c2snnc2C)n1. The van der Waals surface area contributed by atoms with Gasteiger partial charge in [-0.25, -0.2) is 4.68 Å². The maximum atomic E-state index is 12.3. The van der Waals surface area contributed by atoms with E-state index in [9.17, 15) is 9.59 Å². The van der Waals surface area contributed by atoms with E-state index in [2.05, 4.69) is 24.9 Å². The van der Waals surface area contributed by atoms with E-state index < -0.39 is 0 Å². The lowest BCUT2D eigenvalue weighted by Gasteiger charge is -2.35. The average molecular weight is 376 g/mol. The van der Waals surface area contributed by atoms with E-state index in [1.54, 1.807) is 19.1 Å². The lowest BCUT2D eigenvalue weighted by Crippen LogP contribution is -2.48. The van der Waals surface area contributed by atoms with E-state index in [1.165, 1.54) is 4.68 Å². The standard InChI is InChI=1S/C17H24N6O2S/c1-12-6-7-15(24)23(20-12)10-9-22-8-4-3-5-14(22)11-18-17(25)16-13(2)19-21-26-16/h6-7,14H,3-5,8-11H2,1-2H3,(H,18,25). The van der Waals surface area contributed by atoms with Crippen LogP contribution in [0.3, 0.4) is 0 Å². The number of likely N-dealkylation sites (tertiary alicyclic amines) is 1. The Hall–Kier alpha value is -2.13. The highest BCUT2D eigenvalue weighted by Crippen LogP contribution is 2.17. The number of nitrogens with zero attached hydrogens (tertiary/aromatic N) is 5. The van der Waals surface area contributed by atoms with Crippen molar-refractivity contribution in [1.82, 2.24) is 29.6 Å². The van der Waals surface area contributed by atoms with E-state index >= 15 is 0 Å². The second kappa shape index (κ2) is 8.50. The molecule has 1 aliphatic heterocycles. The van der Waals surface area contributed by atoms with Crippen molar-refractivity contribution in [3.63, 3.8) is 0 Å². The molecule has 1 saturated heterocycles. The molecule has 2 aromatic rings. The van der Waals surface area contributed by atoms with E-state index in [-0.39, 0.29) is 17.5 Å². The fourth-order valence-corrected chi connectivity index (χ4v) is 3.82. The van der Waals surface area contributed by atoms with Gasteiger partial charge in [-0.05, 0) is 50.8 Å². The van der Waals surface area contributed by atoms with Crippen LogP contribution in [0.4, 0.5) is 0 Å². The first-order valence-electron chi connectivity index (χ1n) is 8.90. The number of amides is 1. The van der Waals surface area contributed by atoms with Gasteiger partial charge in [0, 0.05) is 25.2 Å². The van der Waals surface area contributed by atoms with Crippen LogP contribution in [0.15, 0.2) is 16.9 Å². The highest BCUT2D eigenvalue weighted by molar-refractivity contribution is 7.07. The maximum absolute atomic E-state index is 12.3. The van der Waals surface area contributed by atoms with Crippen LogP contribution in [0.25, 0.3) is 0 Å². The van der Waals surface area contributed by atoms with E-state index in [0.717, 1.165) is 49.6 Å². The Bertz CT molecular complexity index is 818. The summed E-state index contributed by atoms with van der Waals surface area (Å²) in [5, 5.41) is 11.2. The molecule has 0 spiro atoms. The van der Waals surface area contributed by atoms with Gasteiger partial charge >= 0.3 is 0 Å². The van der Waals surface area contributed by atoms with Crippen molar-refractivity contribution in [2.75, 3.05) is 19.6 Å². The first-order chi connectivity index (χ1) is 12.5. The molecule has 0 aliphatic carbocycles. The Morgan fingerprint density at radius 3 is 2.92 bits per heavy atom. The zero-order chi connectivity index (χ0) is 18.5. The minimum Gasteiger partial charge on any atom is -0.350 e. The number of carbonyl (C=O) groups excluding carboxylic acids is 1. The molecule has 3 rings (SSSR count). The van der Waals surface area contributed by atoms with Crippen LogP contribution < -0.4 is 10.9 Å². The summed E-state index contributed by atoms with van der Waals surface area (Å²) in [6.45, 7) is 6.54. The monoisotopic (exact) mass is 376 g/mol. The number of hydrogen-bond acceptors (Lipinski definition) is 7. The molecule has 8 nitrogen and oxygen atoms in total. The quantitative estimate of drug-likeness (QED) is 0.808. The summed E-state index contributed by atoms with van der Waals surface area (Å²) >= 11 is 1.12. The van der Waals surface area contributed by atoms with Gasteiger partial charge in [0.2, 0.25) is 0 Å². The fourth-order valence-electron chi connectivity index (χ4n) is 3.25. The van der Waals surface area contributed by atoms with E-state index in [4.69, 9.17) is 0 Å². The third-order valence-electron chi connectivity index (χ3n) is 4.70. The molecule has 1 fully saturated rings. The van der Waals surface area contributed by atoms with Crippen molar-refractivity contribution in [1.29, 1.82) is 0 Å². The predicted octanol–water partition coefficient (Wildman–Crippen LogP) is 0.996. The molecule has 3 heterocycles. The predicted molar refractivity (Wildman–Crippen MR) is 99.4 cm³/mol.